The molecule has 1 saturated heterocycles. The summed E-state index contributed by atoms with van der Waals surface area (Å²) in [5, 5.41) is 12.8. The van der Waals surface area contributed by atoms with Crippen LogP contribution in [0.25, 0.3) is 16.8 Å². The molecular weight excluding hydrogens is 491 g/mol. The number of amides is 4. The number of imide groups is 2. The number of carbonyl (C=O) groups is 4. The molecule has 1 aliphatic heterocycles. The number of ether oxygens (including phenoxy) is 1. The number of benzene rings is 4. The number of carboxylic acids is 1. The van der Waals surface area contributed by atoms with Gasteiger partial charge in [-0.1, -0.05) is 48.5 Å². The van der Waals surface area contributed by atoms with Crippen molar-refractivity contribution in [1.82, 2.24) is 5.32 Å². The van der Waals surface area contributed by atoms with Crippen LogP contribution in [-0.2, 0) is 16.2 Å². The van der Waals surface area contributed by atoms with Gasteiger partial charge in [-0.2, -0.15) is 0 Å². The Bertz CT molecular complexity index is 1640. The van der Waals surface area contributed by atoms with Gasteiger partial charge in [0, 0.05) is 11.1 Å². The highest BCUT2D eigenvalue weighted by Crippen LogP contribution is 2.32. The fraction of sp³-hybridized carbons (Fsp3) is 0.0345. The molecule has 8 nitrogen and oxygen atoms in total. The van der Waals surface area contributed by atoms with Crippen LogP contribution >= 0.6 is 0 Å². The summed E-state index contributed by atoms with van der Waals surface area (Å²) in [6, 6.07) is 21.0. The number of nitrogens with one attached hydrogen (secondary N) is 1. The first-order chi connectivity index (χ1) is 18.3. The second kappa shape index (κ2) is 9.98. The van der Waals surface area contributed by atoms with Gasteiger partial charge in [-0.15, -0.1) is 0 Å². The van der Waals surface area contributed by atoms with Crippen LogP contribution in [0, 0.1) is 5.82 Å². The molecule has 1 aliphatic rings. The van der Waals surface area contributed by atoms with Gasteiger partial charge in [-0.3, -0.25) is 14.9 Å². The number of rotatable bonds is 6. The van der Waals surface area contributed by atoms with Crippen molar-refractivity contribution < 1.29 is 33.4 Å². The second-order valence-electron chi connectivity index (χ2n) is 8.39. The largest absolute Gasteiger partial charge is 0.488 e. The molecule has 1 fully saturated rings. The van der Waals surface area contributed by atoms with E-state index in [0.29, 0.717) is 22.3 Å². The third-order valence-corrected chi connectivity index (χ3v) is 6.03. The zero-order valence-corrected chi connectivity index (χ0v) is 19.7. The first kappa shape index (κ1) is 24.4. The number of carbonyl (C=O) groups excluding carboxylic acids is 3. The van der Waals surface area contributed by atoms with E-state index in [1.165, 1.54) is 36.4 Å². The molecule has 0 atom stereocenters. The fourth-order valence-corrected chi connectivity index (χ4v) is 4.11. The molecule has 0 saturated carbocycles. The number of urea groups is 1. The molecule has 1 heterocycles. The Hall–Kier alpha value is -5.31. The summed E-state index contributed by atoms with van der Waals surface area (Å²) in [7, 11) is 0. The maximum atomic E-state index is 14.2. The van der Waals surface area contributed by atoms with Crippen molar-refractivity contribution in [2.24, 2.45) is 0 Å². The summed E-state index contributed by atoms with van der Waals surface area (Å²) in [4.78, 5) is 50.7. The average molecular weight is 510 g/mol. The predicted molar refractivity (Wildman–Crippen MR) is 137 cm³/mol. The maximum Gasteiger partial charge on any atom is 0.335 e. The Morgan fingerprint density at radius 1 is 0.921 bits per heavy atom. The van der Waals surface area contributed by atoms with Crippen molar-refractivity contribution in [3.8, 4) is 5.75 Å². The van der Waals surface area contributed by atoms with E-state index in [9.17, 15) is 23.6 Å². The Labute approximate surface area is 215 Å². The Morgan fingerprint density at radius 3 is 2.37 bits per heavy atom. The molecule has 4 amide bonds. The highest BCUT2D eigenvalue weighted by Gasteiger charge is 2.37. The highest BCUT2D eigenvalue weighted by atomic mass is 19.1. The average Bonchev–Trinajstić information content (AvgIpc) is 2.91. The summed E-state index contributed by atoms with van der Waals surface area (Å²) in [5.74, 6) is -3.09. The normalized spacial score (nSPS) is 14.6. The van der Waals surface area contributed by atoms with Gasteiger partial charge in [-0.05, 0) is 53.2 Å². The number of nitrogens with zero attached hydrogens (tertiary/aromatic N) is 1. The number of anilines is 1. The van der Waals surface area contributed by atoms with E-state index in [1.807, 2.05) is 12.1 Å². The van der Waals surface area contributed by atoms with E-state index in [2.05, 4.69) is 5.32 Å². The molecule has 0 aromatic heterocycles. The van der Waals surface area contributed by atoms with Crippen LogP contribution in [0.5, 0.6) is 5.75 Å². The molecule has 5 rings (SSSR count). The van der Waals surface area contributed by atoms with Gasteiger partial charge in [0.15, 0.2) is 0 Å². The first-order valence-corrected chi connectivity index (χ1v) is 11.5. The molecule has 188 valence electrons. The van der Waals surface area contributed by atoms with Crippen LogP contribution in [0.2, 0.25) is 0 Å². The lowest BCUT2D eigenvalue weighted by molar-refractivity contribution is -0.122. The van der Waals surface area contributed by atoms with Gasteiger partial charge in [-0.25, -0.2) is 18.9 Å². The third kappa shape index (κ3) is 4.60. The van der Waals surface area contributed by atoms with Crippen molar-refractivity contribution in [3.05, 3.63) is 113 Å². The van der Waals surface area contributed by atoms with Gasteiger partial charge in [0.25, 0.3) is 11.8 Å². The standard InChI is InChI=1S/C29H19FN2O6/c30-24-8-4-2-6-19(24)16-38-25-14-11-17-5-1-3-7-21(17)22(25)15-23-26(33)31-29(37)32(27(23)34)20-12-9-18(10-13-20)28(35)36/h1-15H,16H2,(H,35,36)(H,31,33,37)/b23-15+. The Kier molecular flexibility index (Phi) is 6.40. The molecule has 0 radical (unpaired) electrons. The quantitative estimate of drug-likeness (QED) is 0.281. The SMILES string of the molecule is O=C1NC(=O)N(c2ccc(C(=O)O)cc2)C(=O)/C1=C/c1c(OCc2ccccc2F)ccc2ccccc12. The number of fused-ring (bicyclic) bond motifs is 1. The maximum absolute atomic E-state index is 14.2. The van der Waals surface area contributed by atoms with E-state index in [-0.39, 0.29) is 23.4 Å². The van der Waals surface area contributed by atoms with Crippen LogP contribution in [0.3, 0.4) is 0 Å². The summed E-state index contributed by atoms with van der Waals surface area (Å²) >= 11 is 0. The fourth-order valence-electron chi connectivity index (χ4n) is 4.11. The molecule has 2 N–H and O–H groups in total. The van der Waals surface area contributed by atoms with Crippen LogP contribution in [0.15, 0.2) is 90.5 Å². The van der Waals surface area contributed by atoms with Crippen molar-refractivity contribution in [3.63, 3.8) is 0 Å². The lowest BCUT2D eigenvalue weighted by Gasteiger charge is -2.26. The van der Waals surface area contributed by atoms with Crippen LogP contribution < -0.4 is 15.0 Å². The van der Waals surface area contributed by atoms with Crippen molar-refractivity contribution in [2.45, 2.75) is 6.61 Å². The highest BCUT2D eigenvalue weighted by molar-refractivity contribution is 6.39. The smallest absolute Gasteiger partial charge is 0.335 e. The van der Waals surface area contributed by atoms with Gasteiger partial charge < -0.3 is 9.84 Å². The summed E-state index contributed by atoms with van der Waals surface area (Å²) < 4.78 is 20.1. The minimum absolute atomic E-state index is 0.0298. The van der Waals surface area contributed by atoms with E-state index in [1.54, 1.807) is 42.5 Å². The topological polar surface area (TPSA) is 113 Å². The number of halogens is 1. The molecule has 0 bridgehead atoms. The van der Waals surface area contributed by atoms with E-state index < -0.39 is 29.6 Å². The van der Waals surface area contributed by atoms with E-state index >= 15 is 0 Å². The van der Waals surface area contributed by atoms with Crippen LogP contribution in [0.1, 0.15) is 21.5 Å². The molecule has 4 aromatic carbocycles. The van der Waals surface area contributed by atoms with Crippen molar-refractivity contribution in [2.75, 3.05) is 4.90 Å². The predicted octanol–water partition coefficient (Wildman–Crippen LogP) is 4.92. The number of hydrogen-bond donors (Lipinski definition) is 2. The van der Waals surface area contributed by atoms with Gasteiger partial charge >= 0.3 is 12.0 Å². The molecule has 0 aliphatic carbocycles. The minimum atomic E-state index is -1.17. The zero-order valence-electron chi connectivity index (χ0n) is 19.7. The number of barbiturate groups is 1. The van der Waals surface area contributed by atoms with Crippen LogP contribution in [-0.4, -0.2) is 28.9 Å². The third-order valence-electron chi connectivity index (χ3n) is 6.03. The first-order valence-electron chi connectivity index (χ1n) is 11.5. The van der Waals surface area contributed by atoms with Gasteiger partial charge in [0.1, 0.15) is 23.7 Å². The number of carboxylic acid groups (broad SMARTS) is 1. The van der Waals surface area contributed by atoms with Crippen molar-refractivity contribution in [1.29, 1.82) is 0 Å². The summed E-state index contributed by atoms with van der Waals surface area (Å²) in [6.45, 7) is -0.0954. The van der Waals surface area contributed by atoms with Crippen LogP contribution in [0.4, 0.5) is 14.9 Å². The monoisotopic (exact) mass is 510 g/mol. The lowest BCUT2D eigenvalue weighted by Crippen LogP contribution is -2.54. The molecule has 38 heavy (non-hydrogen) atoms. The number of hydrogen-bond acceptors (Lipinski definition) is 5. The molecule has 0 spiro atoms. The molecular formula is C29H19FN2O6. The van der Waals surface area contributed by atoms with Gasteiger partial charge in [0.05, 0.1) is 11.3 Å². The Morgan fingerprint density at radius 2 is 1.63 bits per heavy atom. The molecule has 9 heteroatoms. The van der Waals surface area contributed by atoms with Crippen molar-refractivity contribution >= 4 is 46.4 Å². The minimum Gasteiger partial charge on any atom is -0.488 e. The number of aromatic carboxylic acids is 1. The Balaban J connectivity index is 1.57. The molecule has 0 unspecified atom stereocenters. The van der Waals surface area contributed by atoms with E-state index in [4.69, 9.17) is 9.84 Å². The van der Waals surface area contributed by atoms with E-state index in [0.717, 1.165) is 10.3 Å². The molecule has 4 aromatic rings. The second-order valence-corrected chi connectivity index (χ2v) is 8.39. The lowest BCUT2D eigenvalue weighted by atomic mass is 9.99. The zero-order chi connectivity index (χ0) is 26.8. The van der Waals surface area contributed by atoms with Gasteiger partial charge in [0.2, 0.25) is 0 Å². The summed E-state index contributed by atoms with van der Waals surface area (Å²) in [5.41, 5.74) is 0.447. The summed E-state index contributed by atoms with van der Waals surface area (Å²) in [6.07, 6.45) is 1.34.